The van der Waals surface area contributed by atoms with Gasteiger partial charge in [0.15, 0.2) is 11.8 Å². The standard InChI is InChI=1S/C19H19F3N4O3/c1-10-16-14(19(20,21)22)9-15(24-17(16)26(3)25-10)29-11(2)18(27)23-12-6-5-7-13(8-12)28-4/h5-9,11H,1-4H3,(H,23,27)/t11-/m1/s1. The summed E-state index contributed by atoms with van der Waals surface area (Å²) < 4.78 is 52.3. The minimum absolute atomic E-state index is 0.0210. The number of methoxy groups -OCH3 is 1. The Morgan fingerprint density at radius 1 is 1.28 bits per heavy atom. The number of carbonyl (C=O) groups is 1. The molecule has 0 saturated heterocycles. The number of carbonyl (C=O) groups excluding carboxylic acids is 1. The Bertz CT molecular complexity index is 1060. The molecule has 3 aromatic rings. The maximum atomic E-state index is 13.5. The van der Waals surface area contributed by atoms with Gasteiger partial charge in [0.05, 0.1) is 23.8 Å². The van der Waals surface area contributed by atoms with Crippen LogP contribution >= 0.6 is 0 Å². The lowest BCUT2D eigenvalue weighted by molar-refractivity contribution is -0.136. The summed E-state index contributed by atoms with van der Waals surface area (Å²) in [6.07, 6.45) is -5.72. The second-order valence-corrected chi connectivity index (χ2v) is 6.39. The van der Waals surface area contributed by atoms with E-state index in [9.17, 15) is 18.0 Å². The number of amides is 1. The van der Waals surface area contributed by atoms with Crippen molar-refractivity contribution in [1.29, 1.82) is 0 Å². The number of fused-ring (bicyclic) bond motifs is 1. The Labute approximate surface area is 164 Å². The molecule has 2 heterocycles. The summed E-state index contributed by atoms with van der Waals surface area (Å²) in [4.78, 5) is 16.5. The molecule has 10 heteroatoms. The number of pyridine rings is 1. The number of aromatic nitrogens is 3. The minimum atomic E-state index is -4.63. The van der Waals surface area contributed by atoms with E-state index in [0.29, 0.717) is 11.4 Å². The maximum absolute atomic E-state index is 13.5. The van der Waals surface area contributed by atoms with E-state index in [1.54, 1.807) is 24.3 Å². The normalized spacial score (nSPS) is 12.7. The zero-order valence-electron chi connectivity index (χ0n) is 16.2. The molecule has 29 heavy (non-hydrogen) atoms. The highest BCUT2D eigenvalue weighted by Crippen LogP contribution is 2.37. The third-order valence-electron chi connectivity index (χ3n) is 4.25. The summed E-state index contributed by atoms with van der Waals surface area (Å²) >= 11 is 0. The third kappa shape index (κ3) is 4.25. The van der Waals surface area contributed by atoms with Gasteiger partial charge in [-0.05, 0) is 26.0 Å². The van der Waals surface area contributed by atoms with Gasteiger partial charge in [0, 0.05) is 24.9 Å². The third-order valence-corrected chi connectivity index (χ3v) is 4.25. The Kier molecular flexibility index (Phi) is 5.36. The highest BCUT2D eigenvalue weighted by molar-refractivity contribution is 5.94. The van der Waals surface area contributed by atoms with Crippen LogP contribution in [0.5, 0.6) is 11.6 Å². The molecule has 0 spiro atoms. The van der Waals surface area contributed by atoms with Crippen LogP contribution in [0.25, 0.3) is 11.0 Å². The van der Waals surface area contributed by atoms with E-state index >= 15 is 0 Å². The highest BCUT2D eigenvalue weighted by Gasteiger charge is 2.36. The first kappa shape index (κ1) is 20.4. The Hall–Kier alpha value is -3.30. The predicted molar refractivity (Wildman–Crippen MR) is 100.0 cm³/mol. The lowest BCUT2D eigenvalue weighted by atomic mass is 10.1. The predicted octanol–water partition coefficient (Wildman–Crippen LogP) is 3.71. The summed E-state index contributed by atoms with van der Waals surface area (Å²) in [6.45, 7) is 2.90. The van der Waals surface area contributed by atoms with Gasteiger partial charge in [0.2, 0.25) is 5.88 Å². The van der Waals surface area contributed by atoms with Crippen LogP contribution in [0.2, 0.25) is 0 Å². The molecule has 0 radical (unpaired) electrons. The molecular formula is C19H19F3N4O3. The van der Waals surface area contributed by atoms with E-state index in [1.165, 1.54) is 32.7 Å². The molecule has 7 nitrogen and oxygen atoms in total. The second-order valence-electron chi connectivity index (χ2n) is 6.39. The van der Waals surface area contributed by atoms with E-state index in [1.807, 2.05) is 0 Å². The van der Waals surface area contributed by atoms with Gasteiger partial charge in [-0.1, -0.05) is 6.07 Å². The van der Waals surface area contributed by atoms with Gasteiger partial charge in [0.1, 0.15) is 5.75 Å². The Morgan fingerprint density at radius 3 is 2.66 bits per heavy atom. The van der Waals surface area contributed by atoms with Crippen molar-refractivity contribution in [2.75, 3.05) is 12.4 Å². The van der Waals surface area contributed by atoms with Crippen molar-refractivity contribution in [3.63, 3.8) is 0 Å². The van der Waals surface area contributed by atoms with Gasteiger partial charge in [0.25, 0.3) is 5.91 Å². The van der Waals surface area contributed by atoms with Crippen molar-refractivity contribution in [2.24, 2.45) is 7.05 Å². The zero-order chi connectivity index (χ0) is 21.3. The monoisotopic (exact) mass is 408 g/mol. The van der Waals surface area contributed by atoms with Gasteiger partial charge in [-0.25, -0.2) is 0 Å². The van der Waals surface area contributed by atoms with E-state index in [0.717, 1.165) is 6.07 Å². The first-order valence-corrected chi connectivity index (χ1v) is 8.63. The SMILES string of the molecule is COc1cccc(NC(=O)[C@@H](C)Oc2cc(C(F)(F)F)c3c(C)nn(C)c3n2)c1. The molecule has 1 N–H and O–H groups in total. The second kappa shape index (κ2) is 7.61. The Balaban J connectivity index is 1.87. The fourth-order valence-corrected chi connectivity index (χ4v) is 2.89. The quantitative estimate of drug-likeness (QED) is 0.696. The molecule has 154 valence electrons. The van der Waals surface area contributed by atoms with Gasteiger partial charge in [-0.3, -0.25) is 9.48 Å². The summed E-state index contributed by atoms with van der Waals surface area (Å²) in [5, 5.41) is 6.53. The van der Waals surface area contributed by atoms with Crippen LogP contribution in [0, 0.1) is 6.92 Å². The number of halogens is 3. The molecule has 0 fully saturated rings. The first-order valence-electron chi connectivity index (χ1n) is 8.63. The molecule has 3 rings (SSSR count). The van der Waals surface area contributed by atoms with Crippen LogP contribution in [-0.2, 0) is 18.0 Å². The molecule has 0 unspecified atom stereocenters. The fraction of sp³-hybridized carbons (Fsp3) is 0.316. The minimum Gasteiger partial charge on any atom is -0.497 e. The number of ether oxygens (including phenoxy) is 2. The first-order chi connectivity index (χ1) is 13.6. The maximum Gasteiger partial charge on any atom is 0.417 e. The van der Waals surface area contributed by atoms with Crippen LogP contribution in [0.4, 0.5) is 18.9 Å². The number of hydrogen-bond donors (Lipinski definition) is 1. The number of nitrogens with one attached hydrogen (secondary N) is 1. The summed E-state index contributed by atoms with van der Waals surface area (Å²) in [6, 6.07) is 7.44. The molecule has 1 atom stereocenters. The van der Waals surface area contributed by atoms with Crippen molar-refractivity contribution >= 4 is 22.6 Å². The van der Waals surface area contributed by atoms with Crippen molar-refractivity contribution in [1.82, 2.24) is 14.8 Å². The lowest BCUT2D eigenvalue weighted by Gasteiger charge is -2.16. The van der Waals surface area contributed by atoms with Crippen LogP contribution in [0.3, 0.4) is 0 Å². The van der Waals surface area contributed by atoms with Crippen LogP contribution in [-0.4, -0.2) is 33.9 Å². The van der Waals surface area contributed by atoms with Crippen molar-refractivity contribution < 1.29 is 27.4 Å². The lowest BCUT2D eigenvalue weighted by Crippen LogP contribution is -2.30. The smallest absolute Gasteiger partial charge is 0.417 e. The average Bonchev–Trinajstić information content (AvgIpc) is 2.94. The van der Waals surface area contributed by atoms with E-state index in [2.05, 4.69) is 15.4 Å². The van der Waals surface area contributed by atoms with Crippen molar-refractivity contribution in [2.45, 2.75) is 26.1 Å². The summed E-state index contributed by atoms with van der Waals surface area (Å²) in [7, 11) is 2.98. The number of aryl methyl sites for hydroxylation is 2. The Morgan fingerprint density at radius 2 is 2.00 bits per heavy atom. The van der Waals surface area contributed by atoms with Crippen molar-refractivity contribution in [3.8, 4) is 11.6 Å². The number of alkyl halides is 3. The van der Waals surface area contributed by atoms with E-state index in [4.69, 9.17) is 9.47 Å². The van der Waals surface area contributed by atoms with Crippen molar-refractivity contribution in [3.05, 3.63) is 41.6 Å². The zero-order valence-corrected chi connectivity index (χ0v) is 16.2. The highest BCUT2D eigenvalue weighted by atomic mass is 19.4. The number of benzene rings is 1. The molecule has 1 aromatic carbocycles. The molecule has 0 bridgehead atoms. The van der Waals surface area contributed by atoms with Gasteiger partial charge in [-0.15, -0.1) is 0 Å². The topological polar surface area (TPSA) is 78.3 Å². The number of hydrogen-bond acceptors (Lipinski definition) is 5. The molecule has 2 aromatic heterocycles. The van der Waals surface area contributed by atoms with Crippen LogP contribution in [0.1, 0.15) is 18.2 Å². The van der Waals surface area contributed by atoms with E-state index < -0.39 is 23.8 Å². The van der Waals surface area contributed by atoms with E-state index in [-0.39, 0.29) is 22.6 Å². The van der Waals surface area contributed by atoms with Gasteiger partial charge >= 0.3 is 6.18 Å². The van der Waals surface area contributed by atoms with Crippen LogP contribution < -0.4 is 14.8 Å². The fourth-order valence-electron chi connectivity index (χ4n) is 2.89. The average molecular weight is 408 g/mol. The summed E-state index contributed by atoms with van der Waals surface area (Å²) in [5.41, 5.74) is -0.222. The molecular weight excluding hydrogens is 389 g/mol. The largest absolute Gasteiger partial charge is 0.497 e. The van der Waals surface area contributed by atoms with Crippen LogP contribution in [0.15, 0.2) is 30.3 Å². The number of nitrogens with zero attached hydrogens (tertiary/aromatic N) is 3. The number of anilines is 1. The molecule has 1 amide bonds. The molecule has 0 aliphatic rings. The van der Waals surface area contributed by atoms with Gasteiger partial charge in [-0.2, -0.15) is 23.3 Å². The molecule has 0 saturated carbocycles. The van der Waals surface area contributed by atoms with Gasteiger partial charge < -0.3 is 14.8 Å². The summed E-state index contributed by atoms with van der Waals surface area (Å²) in [5.74, 6) is -0.319. The molecule has 0 aliphatic heterocycles. The molecule has 0 aliphatic carbocycles. The number of rotatable bonds is 5.